The molecule has 31 heavy (non-hydrogen) atoms. The molecule has 6 nitrogen and oxygen atoms in total. The second kappa shape index (κ2) is 8.28. The minimum absolute atomic E-state index is 0.0799. The summed E-state index contributed by atoms with van der Waals surface area (Å²) >= 11 is 1.23. The number of hydrogen-bond donors (Lipinski definition) is 1. The molecule has 2 aromatic heterocycles. The van der Waals surface area contributed by atoms with Crippen molar-refractivity contribution in [3.8, 4) is 28.1 Å². The highest BCUT2D eigenvalue weighted by molar-refractivity contribution is 7.21. The highest BCUT2D eigenvalue weighted by atomic mass is 32.1. The number of nitrogens with zero attached hydrogens (tertiary/aromatic N) is 2. The maximum absolute atomic E-state index is 12.7. The highest BCUT2D eigenvalue weighted by Crippen LogP contribution is 2.45. The molecular formula is C24H22N2O4S. The van der Waals surface area contributed by atoms with Crippen molar-refractivity contribution in [3.63, 3.8) is 0 Å². The highest BCUT2D eigenvalue weighted by Gasteiger charge is 2.25. The summed E-state index contributed by atoms with van der Waals surface area (Å²) in [5.74, 6) is -0.352. The Bertz CT molecular complexity index is 1270. The lowest BCUT2D eigenvalue weighted by Gasteiger charge is -2.16. The number of amides is 1. The van der Waals surface area contributed by atoms with Crippen LogP contribution in [0.15, 0.2) is 60.7 Å². The van der Waals surface area contributed by atoms with Crippen molar-refractivity contribution in [3.05, 3.63) is 65.5 Å². The summed E-state index contributed by atoms with van der Waals surface area (Å²) in [4.78, 5) is 26.2. The number of ether oxygens (including phenoxy) is 1. The summed E-state index contributed by atoms with van der Waals surface area (Å²) in [7, 11) is 5.04. The maximum atomic E-state index is 12.7. The topological polar surface area (TPSA) is 71.8 Å². The molecule has 0 aliphatic heterocycles. The zero-order valence-electron chi connectivity index (χ0n) is 17.5. The minimum Gasteiger partial charge on any atom is -0.497 e. The Kier molecular flexibility index (Phi) is 5.52. The lowest BCUT2D eigenvalue weighted by molar-refractivity contribution is -0.129. The predicted molar refractivity (Wildman–Crippen MR) is 123 cm³/mol. The fourth-order valence-electron chi connectivity index (χ4n) is 3.61. The molecule has 0 atom stereocenters. The van der Waals surface area contributed by atoms with E-state index >= 15 is 0 Å². The first-order chi connectivity index (χ1) is 14.9. The van der Waals surface area contributed by atoms with Crippen molar-refractivity contribution in [2.24, 2.45) is 0 Å². The number of likely N-dealkylation sites (N-methyl/N-ethyl adjacent to an activating group) is 1. The average molecular weight is 435 g/mol. The SMILES string of the molecule is COc1cccc(-c2c(-c3ccccc3)c3sc(C(=O)O)cc3n2CC(=O)N(C)C)c1. The van der Waals surface area contributed by atoms with E-state index in [9.17, 15) is 14.7 Å². The van der Waals surface area contributed by atoms with Gasteiger partial charge in [0.25, 0.3) is 0 Å². The number of carboxylic acid groups (broad SMARTS) is 1. The third kappa shape index (κ3) is 3.80. The second-order valence-corrected chi connectivity index (χ2v) is 8.38. The number of hydrogen-bond acceptors (Lipinski definition) is 4. The number of aromatic carboxylic acids is 1. The van der Waals surface area contributed by atoms with Crippen molar-refractivity contribution in [2.45, 2.75) is 6.54 Å². The number of methoxy groups -OCH3 is 1. The fourth-order valence-corrected chi connectivity index (χ4v) is 4.68. The molecule has 2 heterocycles. The first-order valence-corrected chi connectivity index (χ1v) is 10.5. The van der Waals surface area contributed by atoms with Crippen molar-refractivity contribution in [1.29, 1.82) is 0 Å². The molecule has 7 heteroatoms. The molecule has 0 aliphatic carbocycles. The van der Waals surface area contributed by atoms with E-state index in [2.05, 4.69) is 0 Å². The first kappa shape index (κ1) is 20.7. The molecule has 158 valence electrons. The third-order valence-corrected chi connectivity index (χ3v) is 6.28. The van der Waals surface area contributed by atoms with E-state index in [4.69, 9.17) is 4.74 Å². The number of benzene rings is 2. The summed E-state index contributed by atoms with van der Waals surface area (Å²) in [5.41, 5.74) is 4.35. The summed E-state index contributed by atoms with van der Waals surface area (Å²) in [6.07, 6.45) is 0. The van der Waals surface area contributed by atoms with Crippen molar-refractivity contribution >= 4 is 33.4 Å². The first-order valence-electron chi connectivity index (χ1n) is 9.70. The number of carboxylic acids is 1. The molecule has 0 aliphatic rings. The van der Waals surface area contributed by atoms with Gasteiger partial charge in [0.15, 0.2) is 0 Å². The van der Waals surface area contributed by atoms with Crippen LogP contribution in [0.2, 0.25) is 0 Å². The van der Waals surface area contributed by atoms with Crippen molar-refractivity contribution in [1.82, 2.24) is 9.47 Å². The summed E-state index contributed by atoms with van der Waals surface area (Å²) in [6.45, 7) is 0.0959. The van der Waals surface area contributed by atoms with Gasteiger partial charge in [0, 0.05) is 25.2 Å². The van der Waals surface area contributed by atoms with Gasteiger partial charge >= 0.3 is 5.97 Å². The van der Waals surface area contributed by atoms with Gasteiger partial charge in [0.2, 0.25) is 5.91 Å². The Morgan fingerprint density at radius 1 is 1.03 bits per heavy atom. The molecule has 4 aromatic rings. The minimum atomic E-state index is -0.978. The van der Waals surface area contributed by atoms with Gasteiger partial charge in [0.1, 0.15) is 17.2 Å². The number of thiophene rings is 1. The molecule has 0 saturated carbocycles. The van der Waals surface area contributed by atoms with Gasteiger partial charge in [-0.2, -0.15) is 0 Å². The Morgan fingerprint density at radius 3 is 2.39 bits per heavy atom. The van der Waals surface area contributed by atoms with E-state index in [1.165, 1.54) is 16.2 Å². The van der Waals surface area contributed by atoms with Crippen LogP contribution in [0.3, 0.4) is 0 Å². The largest absolute Gasteiger partial charge is 0.497 e. The monoisotopic (exact) mass is 434 g/mol. The van der Waals surface area contributed by atoms with Crippen LogP contribution >= 0.6 is 11.3 Å². The summed E-state index contributed by atoms with van der Waals surface area (Å²) < 4.78 is 8.18. The van der Waals surface area contributed by atoms with Crippen molar-refractivity contribution in [2.75, 3.05) is 21.2 Å². The van der Waals surface area contributed by atoms with Gasteiger partial charge in [-0.05, 0) is 23.8 Å². The van der Waals surface area contributed by atoms with Gasteiger partial charge < -0.3 is 19.3 Å². The molecule has 2 aromatic carbocycles. The van der Waals surface area contributed by atoms with Crippen LogP contribution in [0.1, 0.15) is 9.67 Å². The van der Waals surface area contributed by atoms with Crippen molar-refractivity contribution < 1.29 is 19.4 Å². The van der Waals surface area contributed by atoms with E-state index < -0.39 is 5.97 Å². The van der Waals surface area contributed by atoms with Gasteiger partial charge in [-0.3, -0.25) is 4.79 Å². The Hall–Kier alpha value is -3.58. The molecule has 1 N–H and O–H groups in total. The molecule has 4 rings (SSSR count). The molecule has 0 fully saturated rings. The van der Waals surface area contributed by atoms with Crippen LogP contribution < -0.4 is 4.74 Å². The molecule has 1 amide bonds. The Morgan fingerprint density at radius 2 is 1.74 bits per heavy atom. The summed E-state index contributed by atoms with van der Waals surface area (Å²) in [6, 6.07) is 19.2. The molecule has 0 spiro atoms. The standard InChI is InChI=1S/C24H22N2O4S/c1-25(2)20(27)14-26-18-13-19(24(28)29)31-23(18)21(15-8-5-4-6-9-15)22(26)16-10-7-11-17(12-16)30-3/h4-13H,14H2,1-3H3,(H,28,29). The average Bonchev–Trinajstić information content (AvgIpc) is 3.32. The second-order valence-electron chi connectivity index (χ2n) is 7.33. The third-order valence-electron chi connectivity index (χ3n) is 5.15. The smallest absolute Gasteiger partial charge is 0.345 e. The zero-order valence-corrected chi connectivity index (χ0v) is 18.3. The van der Waals surface area contributed by atoms with Gasteiger partial charge in [-0.15, -0.1) is 11.3 Å². The number of carbonyl (C=O) groups excluding carboxylic acids is 1. The lowest BCUT2D eigenvalue weighted by Crippen LogP contribution is -2.26. The number of aromatic nitrogens is 1. The van der Waals surface area contributed by atoms with Crippen LogP contribution in [-0.2, 0) is 11.3 Å². The van der Waals surface area contributed by atoms with Gasteiger partial charge in [-0.1, -0.05) is 42.5 Å². The van der Waals surface area contributed by atoms with E-state index in [1.807, 2.05) is 59.2 Å². The number of fused-ring (bicyclic) bond motifs is 1. The van der Waals surface area contributed by atoms with E-state index in [0.717, 1.165) is 32.6 Å². The van der Waals surface area contributed by atoms with Crippen LogP contribution in [0.5, 0.6) is 5.75 Å². The fraction of sp³-hybridized carbons (Fsp3) is 0.167. The van der Waals surface area contributed by atoms with E-state index in [-0.39, 0.29) is 17.3 Å². The quantitative estimate of drug-likeness (QED) is 0.472. The molecule has 0 bridgehead atoms. The number of carbonyl (C=O) groups is 2. The molecule has 0 saturated heterocycles. The molecular weight excluding hydrogens is 412 g/mol. The van der Waals surface area contributed by atoms with Crippen LogP contribution in [0, 0.1) is 0 Å². The normalized spacial score (nSPS) is 10.9. The van der Waals surface area contributed by atoms with Crippen LogP contribution in [0.4, 0.5) is 0 Å². The number of rotatable bonds is 6. The van der Waals surface area contributed by atoms with Gasteiger partial charge in [-0.25, -0.2) is 4.79 Å². The lowest BCUT2D eigenvalue weighted by atomic mass is 10.0. The zero-order chi connectivity index (χ0) is 22.1. The predicted octanol–water partition coefficient (Wildman–Crippen LogP) is 4.83. The van der Waals surface area contributed by atoms with Gasteiger partial charge in [0.05, 0.1) is 23.0 Å². The summed E-state index contributed by atoms with van der Waals surface area (Å²) in [5, 5.41) is 9.59. The van der Waals surface area contributed by atoms with E-state index in [1.54, 1.807) is 27.3 Å². The molecule has 0 unspecified atom stereocenters. The van der Waals surface area contributed by atoms with E-state index in [0.29, 0.717) is 5.75 Å². The Labute approximate surface area is 183 Å². The molecule has 0 radical (unpaired) electrons. The van der Waals surface area contributed by atoms with Crippen LogP contribution in [0.25, 0.3) is 32.6 Å². The Balaban J connectivity index is 2.09. The maximum Gasteiger partial charge on any atom is 0.345 e. The van der Waals surface area contributed by atoms with Crippen LogP contribution in [-0.4, -0.2) is 47.7 Å².